The predicted molar refractivity (Wildman–Crippen MR) is 95.9 cm³/mol. The molecular weight excluding hydrogens is 391 g/mol. The summed E-state index contributed by atoms with van der Waals surface area (Å²) in [7, 11) is 3.00. The zero-order valence-electron chi connectivity index (χ0n) is 13.5. The number of benzene rings is 2. The van der Waals surface area contributed by atoms with Crippen molar-refractivity contribution in [1.29, 1.82) is 5.26 Å². The Balaban J connectivity index is 2.32. The summed E-state index contributed by atoms with van der Waals surface area (Å²) in [6.45, 7) is 0. The highest BCUT2D eigenvalue weighted by Crippen LogP contribution is 2.34. The van der Waals surface area contributed by atoms with Crippen molar-refractivity contribution >= 4 is 33.6 Å². The molecule has 0 saturated heterocycles. The van der Waals surface area contributed by atoms with E-state index >= 15 is 0 Å². The number of nitriles is 1. The van der Waals surface area contributed by atoms with Gasteiger partial charge in [-0.1, -0.05) is 15.9 Å². The van der Waals surface area contributed by atoms with Gasteiger partial charge in [-0.15, -0.1) is 0 Å². The number of amides is 1. The number of ether oxygens (including phenoxy) is 2. The second-order valence-corrected chi connectivity index (χ2v) is 5.71. The van der Waals surface area contributed by atoms with E-state index in [2.05, 4.69) is 21.2 Å². The number of anilines is 1. The van der Waals surface area contributed by atoms with Crippen LogP contribution in [-0.4, -0.2) is 20.1 Å². The summed E-state index contributed by atoms with van der Waals surface area (Å²) in [6.07, 6.45) is 1.42. The molecule has 0 radical (unpaired) electrons. The van der Waals surface area contributed by atoms with Crippen LogP contribution in [0.1, 0.15) is 5.56 Å². The van der Waals surface area contributed by atoms with Gasteiger partial charge in [-0.2, -0.15) is 5.26 Å². The summed E-state index contributed by atoms with van der Waals surface area (Å²) in [5.41, 5.74) is 0.847. The van der Waals surface area contributed by atoms with Crippen molar-refractivity contribution in [3.05, 3.63) is 57.8 Å². The molecule has 0 aliphatic carbocycles. The zero-order valence-corrected chi connectivity index (χ0v) is 15.1. The first-order valence-electron chi connectivity index (χ1n) is 7.08. The van der Waals surface area contributed by atoms with Gasteiger partial charge in [0.05, 0.1) is 14.2 Å². The maximum absolute atomic E-state index is 12.9. The molecule has 0 bridgehead atoms. The summed E-state index contributed by atoms with van der Waals surface area (Å²) in [5, 5.41) is 11.8. The number of rotatable bonds is 5. The van der Waals surface area contributed by atoms with Crippen molar-refractivity contribution in [3.8, 4) is 17.6 Å². The van der Waals surface area contributed by atoms with E-state index in [0.717, 1.165) is 0 Å². The molecule has 0 aliphatic heterocycles. The smallest absolute Gasteiger partial charge is 0.266 e. The minimum atomic E-state index is -0.601. The monoisotopic (exact) mass is 404 g/mol. The molecule has 7 heteroatoms. The normalized spacial score (nSPS) is 10.8. The molecule has 25 heavy (non-hydrogen) atoms. The second-order valence-electron chi connectivity index (χ2n) is 4.86. The van der Waals surface area contributed by atoms with Gasteiger partial charge in [-0.3, -0.25) is 4.79 Å². The molecule has 2 aromatic rings. The number of methoxy groups -OCH3 is 2. The summed E-state index contributed by atoms with van der Waals surface area (Å²) in [6, 6.07) is 10.4. The Morgan fingerprint density at radius 1 is 1.20 bits per heavy atom. The minimum Gasteiger partial charge on any atom is -0.493 e. The number of nitrogens with zero attached hydrogens (tertiary/aromatic N) is 1. The first kappa shape index (κ1) is 18.5. The number of hydrogen-bond acceptors (Lipinski definition) is 4. The maximum Gasteiger partial charge on any atom is 0.266 e. The van der Waals surface area contributed by atoms with Crippen LogP contribution in [0, 0.1) is 17.1 Å². The molecule has 0 aliphatic rings. The molecule has 2 aromatic carbocycles. The van der Waals surface area contributed by atoms with Gasteiger partial charge in [0.15, 0.2) is 11.5 Å². The molecule has 0 saturated carbocycles. The van der Waals surface area contributed by atoms with Gasteiger partial charge in [0.2, 0.25) is 0 Å². The van der Waals surface area contributed by atoms with Crippen LogP contribution in [0.5, 0.6) is 11.5 Å². The summed E-state index contributed by atoms with van der Waals surface area (Å²) in [5.74, 6) is -0.0342. The Morgan fingerprint density at radius 3 is 2.36 bits per heavy atom. The molecular formula is C18H14BrFN2O3. The number of carbonyl (C=O) groups is 1. The quantitative estimate of drug-likeness (QED) is 0.599. The van der Waals surface area contributed by atoms with Gasteiger partial charge in [-0.25, -0.2) is 4.39 Å². The van der Waals surface area contributed by atoms with Gasteiger partial charge in [0, 0.05) is 10.2 Å². The third-order valence-corrected chi connectivity index (χ3v) is 3.96. The van der Waals surface area contributed by atoms with E-state index in [1.165, 1.54) is 44.6 Å². The third kappa shape index (κ3) is 4.58. The highest BCUT2D eigenvalue weighted by atomic mass is 79.9. The van der Waals surface area contributed by atoms with Gasteiger partial charge < -0.3 is 14.8 Å². The molecule has 128 valence electrons. The molecule has 0 unspecified atom stereocenters. The molecule has 1 N–H and O–H groups in total. The largest absolute Gasteiger partial charge is 0.493 e. The molecule has 2 rings (SSSR count). The van der Waals surface area contributed by atoms with Crippen molar-refractivity contribution in [2.24, 2.45) is 0 Å². The van der Waals surface area contributed by atoms with Crippen molar-refractivity contribution in [2.75, 3.05) is 19.5 Å². The summed E-state index contributed by atoms with van der Waals surface area (Å²) < 4.78 is 24.0. The topological polar surface area (TPSA) is 71.3 Å². The third-order valence-electron chi connectivity index (χ3n) is 3.27. The van der Waals surface area contributed by atoms with Gasteiger partial charge in [-0.05, 0) is 48.0 Å². The van der Waals surface area contributed by atoms with Crippen molar-refractivity contribution < 1.29 is 18.7 Å². The Morgan fingerprint density at radius 2 is 1.80 bits per heavy atom. The molecule has 0 spiro atoms. The van der Waals surface area contributed by atoms with Crippen LogP contribution in [0.3, 0.4) is 0 Å². The molecule has 5 nitrogen and oxygen atoms in total. The number of halogens is 2. The molecule has 0 fully saturated rings. The Hall–Kier alpha value is -2.85. The second kappa shape index (κ2) is 8.31. The summed E-state index contributed by atoms with van der Waals surface area (Å²) in [4.78, 5) is 12.3. The van der Waals surface area contributed by atoms with Crippen molar-refractivity contribution in [1.82, 2.24) is 0 Å². The van der Waals surface area contributed by atoms with Gasteiger partial charge in [0.1, 0.15) is 17.5 Å². The average Bonchev–Trinajstić information content (AvgIpc) is 2.62. The SMILES string of the molecule is COc1cc(Br)c(/C=C(/C#N)C(=O)Nc2ccc(F)cc2)cc1OC. The fourth-order valence-corrected chi connectivity index (χ4v) is 2.45. The lowest BCUT2D eigenvalue weighted by molar-refractivity contribution is -0.112. The van der Waals surface area contributed by atoms with E-state index < -0.39 is 11.7 Å². The lowest BCUT2D eigenvalue weighted by Crippen LogP contribution is -2.13. The van der Waals surface area contributed by atoms with E-state index in [1.807, 2.05) is 6.07 Å². The fraction of sp³-hybridized carbons (Fsp3) is 0.111. The molecule has 0 aromatic heterocycles. The van der Waals surface area contributed by atoms with Crippen molar-refractivity contribution in [2.45, 2.75) is 0 Å². The average molecular weight is 405 g/mol. The predicted octanol–water partition coefficient (Wildman–Crippen LogP) is 4.15. The first-order chi connectivity index (χ1) is 12.0. The van der Waals surface area contributed by atoms with Crippen LogP contribution >= 0.6 is 15.9 Å². The number of hydrogen-bond donors (Lipinski definition) is 1. The molecule has 1 amide bonds. The van der Waals surface area contributed by atoms with Crippen LogP contribution < -0.4 is 14.8 Å². The summed E-state index contributed by atoms with van der Waals surface area (Å²) >= 11 is 3.37. The maximum atomic E-state index is 12.9. The lowest BCUT2D eigenvalue weighted by atomic mass is 10.1. The van der Waals surface area contributed by atoms with Gasteiger partial charge >= 0.3 is 0 Å². The minimum absolute atomic E-state index is 0.114. The van der Waals surface area contributed by atoms with E-state index in [1.54, 1.807) is 12.1 Å². The zero-order chi connectivity index (χ0) is 18.4. The van der Waals surface area contributed by atoms with Crippen LogP contribution in [-0.2, 0) is 4.79 Å². The van der Waals surface area contributed by atoms with Gasteiger partial charge in [0.25, 0.3) is 5.91 Å². The van der Waals surface area contributed by atoms with Crippen molar-refractivity contribution in [3.63, 3.8) is 0 Å². The Bertz CT molecular complexity index is 858. The highest BCUT2D eigenvalue weighted by molar-refractivity contribution is 9.10. The lowest BCUT2D eigenvalue weighted by Gasteiger charge is -2.10. The first-order valence-corrected chi connectivity index (χ1v) is 7.88. The van der Waals surface area contributed by atoms with E-state index in [0.29, 0.717) is 27.2 Å². The number of nitrogens with one attached hydrogen (secondary N) is 1. The van der Waals surface area contributed by atoms with Crippen LogP contribution in [0.4, 0.5) is 10.1 Å². The Labute approximate surface area is 152 Å². The van der Waals surface area contributed by atoms with E-state index in [4.69, 9.17) is 9.47 Å². The van der Waals surface area contributed by atoms with Crippen LogP contribution in [0.15, 0.2) is 46.4 Å². The van der Waals surface area contributed by atoms with E-state index in [-0.39, 0.29) is 5.57 Å². The molecule has 0 heterocycles. The number of carbonyl (C=O) groups excluding carboxylic acids is 1. The fourth-order valence-electron chi connectivity index (χ4n) is 2.02. The highest BCUT2D eigenvalue weighted by Gasteiger charge is 2.13. The molecule has 0 atom stereocenters. The Kier molecular flexibility index (Phi) is 6.14. The standard InChI is InChI=1S/C18H14BrFN2O3/c1-24-16-8-11(15(19)9-17(16)25-2)7-12(10-21)18(23)22-14-5-3-13(20)4-6-14/h3-9H,1-2H3,(H,22,23)/b12-7-. The van der Waals surface area contributed by atoms with Crippen LogP contribution in [0.25, 0.3) is 6.08 Å². The van der Waals surface area contributed by atoms with Crippen LogP contribution in [0.2, 0.25) is 0 Å². The van der Waals surface area contributed by atoms with E-state index in [9.17, 15) is 14.4 Å².